The molecule has 8 heteroatoms. The minimum atomic E-state index is -0.0394. The van der Waals surface area contributed by atoms with Crippen molar-refractivity contribution in [2.24, 2.45) is 0 Å². The molecule has 1 atom stereocenters. The van der Waals surface area contributed by atoms with E-state index in [9.17, 15) is 4.79 Å². The number of ether oxygens (including phenoxy) is 2. The Balaban J connectivity index is 1.67. The van der Waals surface area contributed by atoms with Crippen molar-refractivity contribution in [1.29, 1.82) is 0 Å². The number of carbonyl (C=O) groups is 1. The van der Waals surface area contributed by atoms with Crippen LogP contribution >= 0.6 is 11.8 Å². The summed E-state index contributed by atoms with van der Waals surface area (Å²) in [5.74, 6) is 1.65. The Labute approximate surface area is 163 Å². The molecule has 1 fully saturated rings. The number of nitrogens with zero attached hydrogens (tertiary/aromatic N) is 3. The Morgan fingerprint density at radius 3 is 3.07 bits per heavy atom. The summed E-state index contributed by atoms with van der Waals surface area (Å²) in [4.78, 5) is 12.1. The first-order valence-corrected chi connectivity index (χ1v) is 9.90. The third-order valence-corrected chi connectivity index (χ3v) is 5.23. The standard InChI is InChI=1S/C19H24N4O3S/c1-3-10-23-18(15-8-4-5-9-16(15)25-2)21-22-19(23)27-13-17(24)20-12-14-7-6-11-26-14/h3-5,8-9,14H,1,6-7,10-13H2,2H3,(H,20,24). The van der Waals surface area contributed by atoms with Crippen LogP contribution in [0.1, 0.15) is 12.8 Å². The van der Waals surface area contributed by atoms with Gasteiger partial charge in [0.25, 0.3) is 0 Å². The number of thioether (sulfide) groups is 1. The van der Waals surface area contributed by atoms with E-state index in [0.29, 0.717) is 24.1 Å². The van der Waals surface area contributed by atoms with E-state index >= 15 is 0 Å². The van der Waals surface area contributed by atoms with Gasteiger partial charge in [-0.05, 0) is 25.0 Å². The first-order valence-electron chi connectivity index (χ1n) is 8.91. The van der Waals surface area contributed by atoms with Crippen LogP contribution < -0.4 is 10.1 Å². The van der Waals surface area contributed by atoms with Crippen molar-refractivity contribution in [2.45, 2.75) is 30.6 Å². The number of aromatic nitrogens is 3. The number of rotatable bonds is 9. The fraction of sp³-hybridized carbons (Fsp3) is 0.421. The van der Waals surface area contributed by atoms with Crippen molar-refractivity contribution in [2.75, 3.05) is 26.0 Å². The summed E-state index contributed by atoms with van der Waals surface area (Å²) >= 11 is 1.35. The second-order valence-electron chi connectivity index (χ2n) is 6.13. The molecule has 1 saturated heterocycles. The molecule has 1 unspecified atom stereocenters. The predicted octanol–water partition coefficient (Wildman–Crippen LogP) is 2.53. The molecule has 0 radical (unpaired) electrons. The summed E-state index contributed by atoms with van der Waals surface area (Å²) in [5, 5.41) is 12.2. The average Bonchev–Trinajstić information content (AvgIpc) is 3.35. The van der Waals surface area contributed by atoms with Gasteiger partial charge in [-0.2, -0.15) is 0 Å². The summed E-state index contributed by atoms with van der Waals surface area (Å²) in [7, 11) is 1.63. The maximum absolute atomic E-state index is 12.1. The van der Waals surface area contributed by atoms with Crippen LogP contribution in [0.4, 0.5) is 0 Å². The number of carbonyl (C=O) groups excluding carboxylic acids is 1. The van der Waals surface area contributed by atoms with Crippen LogP contribution in [-0.2, 0) is 16.1 Å². The smallest absolute Gasteiger partial charge is 0.230 e. The van der Waals surface area contributed by atoms with E-state index in [4.69, 9.17) is 9.47 Å². The lowest BCUT2D eigenvalue weighted by Gasteiger charge is -2.11. The molecule has 1 aliphatic heterocycles. The van der Waals surface area contributed by atoms with Crippen molar-refractivity contribution in [3.05, 3.63) is 36.9 Å². The summed E-state index contributed by atoms with van der Waals surface area (Å²) < 4.78 is 12.9. The monoisotopic (exact) mass is 388 g/mol. The van der Waals surface area contributed by atoms with E-state index < -0.39 is 0 Å². The van der Waals surface area contributed by atoms with Gasteiger partial charge in [0.1, 0.15) is 5.75 Å². The first-order chi connectivity index (χ1) is 13.2. The Hall–Kier alpha value is -2.32. The van der Waals surface area contributed by atoms with Crippen molar-refractivity contribution in [1.82, 2.24) is 20.1 Å². The topological polar surface area (TPSA) is 78.3 Å². The molecule has 2 heterocycles. The number of nitrogens with one attached hydrogen (secondary N) is 1. The quantitative estimate of drug-likeness (QED) is 0.525. The summed E-state index contributed by atoms with van der Waals surface area (Å²) in [6.07, 6.45) is 3.99. The summed E-state index contributed by atoms with van der Waals surface area (Å²) in [6, 6.07) is 7.65. The molecule has 0 bridgehead atoms. The molecular formula is C19H24N4O3S. The van der Waals surface area contributed by atoms with Crippen molar-refractivity contribution in [3.8, 4) is 17.1 Å². The molecule has 0 saturated carbocycles. The largest absolute Gasteiger partial charge is 0.496 e. The maximum atomic E-state index is 12.1. The van der Waals surface area contributed by atoms with E-state index in [1.165, 1.54) is 11.8 Å². The minimum Gasteiger partial charge on any atom is -0.496 e. The van der Waals surface area contributed by atoms with Crippen LogP contribution in [0.25, 0.3) is 11.4 Å². The van der Waals surface area contributed by atoms with E-state index in [2.05, 4.69) is 22.1 Å². The molecule has 2 aromatic rings. The van der Waals surface area contributed by atoms with Gasteiger partial charge in [-0.3, -0.25) is 9.36 Å². The molecule has 144 valence electrons. The Kier molecular flexibility index (Phi) is 6.89. The second kappa shape index (κ2) is 9.57. The van der Waals surface area contributed by atoms with Gasteiger partial charge in [0.2, 0.25) is 5.91 Å². The molecule has 27 heavy (non-hydrogen) atoms. The lowest BCUT2D eigenvalue weighted by atomic mass is 10.2. The first kappa shape index (κ1) is 19.4. The number of benzene rings is 1. The lowest BCUT2D eigenvalue weighted by Crippen LogP contribution is -2.32. The highest BCUT2D eigenvalue weighted by Crippen LogP contribution is 2.30. The van der Waals surface area contributed by atoms with Gasteiger partial charge in [0.15, 0.2) is 11.0 Å². The SMILES string of the molecule is C=CCn1c(SCC(=O)NCC2CCCO2)nnc1-c1ccccc1OC. The zero-order valence-electron chi connectivity index (χ0n) is 15.4. The fourth-order valence-electron chi connectivity index (χ4n) is 2.93. The Bertz CT molecular complexity index is 787. The van der Waals surface area contributed by atoms with Crippen LogP contribution in [0, 0.1) is 0 Å². The predicted molar refractivity (Wildman–Crippen MR) is 105 cm³/mol. The lowest BCUT2D eigenvalue weighted by molar-refractivity contribution is -0.119. The highest BCUT2D eigenvalue weighted by atomic mass is 32.2. The van der Waals surface area contributed by atoms with Gasteiger partial charge in [0.05, 0.1) is 24.5 Å². The highest BCUT2D eigenvalue weighted by molar-refractivity contribution is 7.99. The van der Waals surface area contributed by atoms with Gasteiger partial charge in [-0.25, -0.2) is 0 Å². The minimum absolute atomic E-state index is 0.0394. The third-order valence-electron chi connectivity index (χ3n) is 4.26. The van der Waals surface area contributed by atoms with E-state index in [1.807, 2.05) is 28.8 Å². The molecule has 3 rings (SSSR count). The van der Waals surface area contributed by atoms with Crippen molar-refractivity contribution < 1.29 is 14.3 Å². The van der Waals surface area contributed by atoms with Gasteiger partial charge in [0, 0.05) is 19.7 Å². The highest BCUT2D eigenvalue weighted by Gasteiger charge is 2.19. The molecule has 1 aromatic heterocycles. The van der Waals surface area contributed by atoms with E-state index in [-0.39, 0.29) is 17.8 Å². The third kappa shape index (κ3) is 4.90. The van der Waals surface area contributed by atoms with Gasteiger partial charge in [-0.1, -0.05) is 30.0 Å². The van der Waals surface area contributed by atoms with Crippen LogP contribution in [0.5, 0.6) is 5.75 Å². The number of allylic oxidation sites excluding steroid dienone is 1. The van der Waals surface area contributed by atoms with E-state index in [0.717, 1.165) is 30.8 Å². The Morgan fingerprint density at radius 2 is 2.33 bits per heavy atom. The molecule has 0 aliphatic carbocycles. The molecular weight excluding hydrogens is 364 g/mol. The molecule has 1 aromatic carbocycles. The van der Waals surface area contributed by atoms with Crippen molar-refractivity contribution >= 4 is 17.7 Å². The fourth-order valence-corrected chi connectivity index (χ4v) is 3.71. The molecule has 0 spiro atoms. The average molecular weight is 388 g/mol. The van der Waals surface area contributed by atoms with Gasteiger partial charge < -0.3 is 14.8 Å². The number of hydrogen-bond acceptors (Lipinski definition) is 6. The van der Waals surface area contributed by atoms with Crippen LogP contribution in [0.15, 0.2) is 42.1 Å². The Morgan fingerprint density at radius 1 is 1.48 bits per heavy atom. The van der Waals surface area contributed by atoms with Crippen LogP contribution in [-0.4, -0.2) is 52.8 Å². The number of para-hydroxylation sites is 1. The van der Waals surface area contributed by atoms with E-state index in [1.54, 1.807) is 13.2 Å². The molecule has 1 N–H and O–H groups in total. The van der Waals surface area contributed by atoms with Crippen LogP contribution in [0.3, 0.4) is 0 Å². The molecule has 1 aliphatic rings. The van der Waals surface area contributed by atoms with Crippen molar-refractivity contribution in [3.63, 3.8) is 0 Å². The molecule has 1 amide bonds. The zero-order valence-corrected chi connectivity index (χ0v) is 16.2. The van der Waals surface area contributed by atoms with Gasteiger partial charge in [-0.15, -0.1) is 16.8 Å². The normalized spacial score (nSPS) is 16.3. The maximum Gasteiger partial charge on any atom is 0.230 e. The molecule has 7 nitrogen and oxygen atoms in total. The summed E-state index contributed by atoms with van der Waals surface area (Å²) in [5.41, 5.74) is 0.851. The second-order valence-corrected chi connectivity index (χ2v) is 7.08. The number of amides is 1. The van der Waals surface area contributed by atoms with Crippen LogP contribution in [0.2, 0.25) is 0 Å². The summed E-state index contributed by atoms with van der Waals surface area (Å²) in [6.45, 7) is 5.70. The van der Waals surface area contributed by atoms with Gasteiger partial charge >= 0.3 is 0 Å². The number of hydrogen-bond donors (Lipinski definition) is 1. The number of methoxy groups -OCH3 is 1. The zero-order chi connectivity index (χ0) is 19.1.